The summed E-state index contributed by atoms with van der Waals surface area (Å²) in [6, 6.07) is 3.56. The molecule has 8 heteroatoms. The van der Waals surface area contributed by atoms with E-state index in [2.05, 4.69) is 30.4 Å². The van der Waals surface area contributed by atoms with Gasteiger partial charge in [-0.25, -0.2) is 20.1 Å². The maximum Gasteiger partial charge on any atom is 0.179 e. The van der Waals surface area contributed by atoms with Crippen LogP contribution < -0.4 is 5.73 Å². The quantitative estimate of drug-likeness (QED) is 0.676. The summed E-state index contributed by atoms with van der Waals surface area (Å²) >= 11 is 1.55. The zero-order valence-electron chi connectivity index (χ0n) is 9.24. The van der Waals surface area contributed by atoms with Crippen molar-refractivity contribution in [3.63, 3.8) is 0 Å². The average molecular weight is 259 g/mol. The molecule has 0 spiro atoms. The number of thioether (sulfide) groups is 1. The summed E-state index contributed by atoms with van der Waals surface area (Å²) in [4.78, 5) is 13.3. The van der Waals surface area contributed by atoms with E-state index in [4.69, 9.17) is 5.73 Å². The highest BCUT2D eigenvalue weighted by Gasteiger charge is 2.09. The van der Waals surface area contributed by atoms with E-state index in [1.54, 1.807) is 36.3 Å². The first-order valence-electron chi connectivity index (χ1n) is 5.19. The van der Waals surface area contributed by atoms with Crippen LogP contribution in [0.25, 0.3) is 11.2 Å². The number of nitrogens with one attached hydrogen (secondary N) is 1. The fourth-order valence-electron chi connectivity index (χ4n) is 1.49. The highest BCUT2D eigenvalue weighted by Crippen LogP contribution is 2.27. The van der Waals surface area contributed by atoms with Crippen LogP contribution in [0.15, 0.2) is 29.4 Å². The number of pyridine rings is 1. The normalized spacial score (nSPS) is 10.9. The van der Waals surface area contributed by atoms with E-state index in [-0.39, 0.29) is 0 Å². The number of nitrogens with two attached hydrogens (primary N) is 1. The second kappa shape index (κ2) is 4.57. The molecule has 0 radical (unpaired) electrons. The Labute approximate surface area is 106 Å². The number of aromatic amines is 1. The highest BCUT2D eigenvalue weighted by molar-refractivity contribution is 7.98. The number of fused-ring (bicyclic) bond motifs is 1. The lowest BCUT2D eigenvalue weighted by Gasteiger charge is -2.02. The molecule has 0 aliphatic rings. The summed E-state index contributed by atoms with van der Waals surface area (Å²) < 4.78 is 0. The van der Waals surface area contributed by atoms with Gasteiger partial charge in [-0.15, -0.1) is 16.9 Å². The topological polar surface area (TPSA) is 106 Å². The fourth-order valence-corrected chi connectivity index (χ4v) is 2.40. The predicted octanol–water partition coefficient (Wildman–Crippen LogP) is 1.02. The molecule has 0 aliphatic carbocycles. The van der Waals surface area contributed by atoms with Crippen molar-refractivity contribution in [1.29, 1.82) is 0 Å². The number of hydrogen-bond acceptors (Lipinski definition) is 7. The highest BCUT2D eigenvalue weighted by atomic mass is 32.2. The molecular weight excluding hydrogens is 250 g/mol. The molecular formula is C10H9N7S. The summed E-state index contributed by atoms with van der Waals surface area (Å²) in [5, 5.41) is 10.4. The summed E-state index contributed by atoms with van der Waals surface area (Å²) in [5.74, 6) is 1.84. The van der Waals surface area contributed by atoms with Crippen molar-refractivity contribution >= 4 is 28.7 Å². The third-order valence-corrected chi connectivity index (χ3v) is 3.28. The number of nitrogen functional groups attached to an aromatic ring is 1. The molecule has 0 saturated carbocycles. The lowest BCUT2D eigenvalue weighted by molar-refractivity contribution is 0.953. The number of aromatic nitrogens is 6. The van der Waals surface area contributed by atoms with E-state index >= 15 is 0 Å². The monoisotopic (exact) mass is 259 g/mol. The van der Waals surface area contributed by atoms with Gasteiger partial charge in [-0.1, -0.05) is 5.21 Å². The number of rotatable bonds is 3. The van der Waals surface area contributed by atoms with E-state index in [9.17, 15) is 0 Å². The number of H-pyrrole nitrogens is 1. The van der Waals surface area contributed by atoms with Crippen LogP contribution in [0.4, 0.5) is 5.82 Å². The van der Waals surface area contributed by atoms with Crippen molar-refractivity contribution < 1.29 is 0 Å². The van der Waals surface area contributed by atoms with Crippen molar-refractivity contribution in [3.8, 4) is 0 Å². The largest absolute Gasteiger partial charge is 0.384 e. The Morgan fingerprint density at radius 1 is 1.28 bits per heavy atom. The molecule has 90 valence electrons. The molecule has 3 heterocycles. The molecule has 0 atom stereocenters. The maximum atomic E-state index is 5.72. The summed E-state index contributed by atoms with van der Waals surface area (Å²) in [5.41, 5.74) is 7.02. The summed E-state index contributed by atoms with van der Waals surface area (Å²) in [6.07, 6.45) is 3.44. The van der Waals surface area contributed by atoms with Crippen LogP contribution in [0.5, 0.6) is 0 Å². The van der Waals surface area contributed by atoms with Gasteiger partial charge in [0.1, 0.15) is 17.2 Å². The standard InChI is InChI=1S/C10H9N7S/c11-7-4-6(9-10(14-7)16-17-15-9)18-5-8-12-2-1-3-13-8/h1-4H,5H2,(H3,11,14,15,16,17). The SMILES string of the molecule is Nc1cc(SCc2ncccn2)c2nn[nH]c2n1. The van der Waals surface area contributed by atoms with Crippen molar-refractivity contribution in [2.75, 3.05) is 5.73 Å². The molecule has 3 rings (SSSR count). The van der Waals surface area contributed by atoms with Gasteiger partial charge in [0.05, 0.1) is 5.75 Å². The third-order valence-electron chi connectivity index (χ3n) is 2.26. The van der Waals surface area contributed by atoms with Gasteiger partial charge < -0.3 is 5.73 Å². The smallest absolute Gasteiger partial charge is 0.179 e. The molecule has 0 unspecified atom stereocenters. The Morgan fingerprint density at radius 2 is 2.11 bits per heavy atom. The predicted molar refractivity (Wildman–Crippen MR) is 67.7 cm³/mol. The van der Waals surface area contributed by atoms with Crippen molar-refractivity contribution in [2.24, 2.45) is 0 Å². The van der Waals surface area contributed by atoms with Gasteiger partial charge in [0, 0.05) is 17.3 Å². The molecule has 0 fully saturated rings. The van der Waals surface area contributed by atoms with E-state index in [1.807, 2.05) is 0 Å². The van der Waals surface area contributed by atoms with Crippen molar-refractivity contribution in [1.82, 2.24) is 30.4 Å². The molecule has 0 bridgehead atoms. The minimum atomic E-state index is 0.435. The Hall–Kier alpha value is -2.22. The zero-order chi connectivity index (χ0) is 12.4. The van der Waals surface area contributed by atoms with Gasteiger partial charge in [-0.05, 0) is 12.1 Å². The second-order valence-electron chi connectivity index (χ2n) is 3.51. The molecule has 3 N–H and O–H groups in total. The van der Waals surface area contributed by atoms with Crippen LogP contribution in [0.3, 0.4) is 0 Å². The van der Waals surface area contributed by atoms with Gasteiger partial charge in [-0.2, -0.15) is 0 Å². The number of hydrogen-bond donors (Lipinski definition) is 2. The van der Waals surface area contributed by atoms with E-state index < -0.39 is 0 Å². The molecule has 0 aromatic carbocycles. The van der Waals surface area contributed by atoms with Gasteiger partial charge >= 0.3 is 0 Å². The molecule has 18 heavy (non-hydrogen) atoms. The van der Waals surface area contributed by atoms with E-state index in [0.29, 0.717) is 22.7 Å². The van der Waals surface area contributed by atoms with E-state index in [1.165, 1.54) is 0 Å². The first-order valence-corrected chi connectivity index (χ1v) is 6.17. The van der Waals surface area contributed by atoms with Gasteiger partial charge in [-0.3, -0.25) is 0 Å². The lowest BCUT2D eigenvalue weighted by atomic mass is 10.4. The second-order valence-corrected chi connectivity index (χ2v) is 4.53. The first kappa shape index (κ1) is 10.9. The maximum absolute atomic E-state index is 5.72. The first-order chi connectivity index (χ1) is 8.83. The van der Waals surface area contributed by atoms with Crippen LogP contribution in [0.2, 0.25) is 0 Å². The van der Waals surface area contributed by atoms with Gasteiger partial charge in [0.25, 0.3) is 0 Å². The van der Waals surface area contributed by atoms with Crippen LogP contribution in [0.1, 0.15) is 5.82 Å². The van der Waals surface area contributed by atoms with Crippen LogP contribution in [0, 0.1) is 0 Å². The Bertz CT molecular complexity index is 666. The molecule has 7 nitrogen and oxygen atoms in total. The molecule has 0 saturated heterocycles. The lowest BCUT2D eigenvalue weighted by Crippen LogP contribution is -1.93. The summed E-state index contributed by atoms with van der Waals surface area (Å²) in [6.45, 7) is 0. The zero-order valence-corrected chi connectivity index (χ0v) is 10.1. The van der Waals surface area contributed by atoms with Gasteiger partial charge in [0.15, 0.2) is 5.65 Å². The fraction of sp³-hybridized carbons (Fsp3) is 0.100. The number of anilines is 1. The van der Waals surface area contributed by atoms with Crippen LogP contribution >= 0.6 is 11.8 Å². The van der Waals surface area contributed by atoms with Crippen molar-refractivity contribution in [3.05, 3.63) is 30.4 Å². The number of nitrogens with zero attached hydrogens (tertiary/aromatic N) is 5. The minimum absolute atomic E-state index is 0.435. The summed E-state index contributed by atoms with van der Waals surface area (Å²) in [7, 11) is 0. The third kappa shape index (κ3) is 2.09. The van der Waals surface area contributed by atoms with Crippen molar-refractivity contribution in [2.45, 2.75) is 10.6 Å². The molecule has 0 amide bonds. The van der Waals surface area contributed by atoms with E-state index in [0.717, 1.165) is 10.7 Å². The Balaban J connectivity index is 1.88. The minimum Gasteiger partial charge on any atom is -0.384 e. The van der Waals surface area contributed by atoms with Crippen LogP contribution in [-0.4, -0.2) is 30.4 Å². The molecule has 3 aromatic rings. The Kier molecular flexibility index (Phi) is 2.77. The Morgan fingerprint density at radius 3 is 2.94 bits per heavy atom. The molecule has 3 aromatic heterocycles. The average Bonchev–Trinajstić information content (AvgIpc) is 2.85. The van der Waals surface area contributed by atoms with Gasteiger partial charge in [0.2, 0.25) is 0 Å². The van der Waals surface area contributed by atoms with Crippen LogP contribution in [-0.2, 0) is 5.75 Å². The molecule has 0 aliphatic heterocycles.